The third kappa shape index (κ3) is 1.12. The van der Waals surface area contributed by atoms with Crippen molar-refractivity contribution >= 4 is 5.97 Å². The zero-order valence-electron chi connectivity index (χ0n) is 5.65. The number of hydrogen-bond donors (Lipinski definition) is 2. The highest BCUT2D eigenvalue weighted by molar-refractivity contribution is 5.73. The number of carbonyl (C=O) groups is 1. The van der Waals surface area contributed by atoms with Gasteiger partial charge in [0.15, 0.2) is 6.10 Å². The Kier molecular flexibility index (Phi) is 1.92. The lowest BCUT2D eigenvalue weighted by Crippen LogP contribution is -2.27. The van der Waals surface area contributed by atoms with Gasteiger partial charge in [0, 0.05) is 5.92 Å². The van der Waals surface area contributed by atoms with Gasteiger partial charge in [-0.15, -0.1) is 0 Å². The molecule has 0 bridgehead atoms. The first kappa shape index (κ1) is 7.50. The summed E-state index contributed by atoms with van der Waals surface area (Å²) in [6.07, 6.45) is -1.45. The van der Waals surface area contributed by atoms with Crippen LogP contribution in [0.15, 0.2) is 0 Å². The van der Waals surface area contributed by atoms with E-state index in [2.05, 4.69) is 0 Å². The highest BCUT2D eigenvalue weighted by Gasteiger charge is 2.37. The molecule has 0 radical (unpaired) electrons. The monoisotopic (exact) mass is 146 g/mol. The van der Waals surface area contributed by atoms with Gasteiger partial charge in [-0.25, -0.2) is 4.79 Å². The van der Waals surface area contributed by atoms with Gasteiger partial charge < -0.3 is 14.9 Å². The molecule has 3 atom stereocenters. The predicted molar refractivity (Wildman–Crippen MR) is 32.5 cm³/mol. The van der Waals surface area contributed by atoms with E-state index in [0.29, 0.717) is 0 Å². The molecule has 0 spiro atoms. The lowest BCUT2D eigenvalue weighted by Gasteiger charge is -2.09. The molecule has 1 fully saturated rings. The van der Waals surface area contributed by atoms with Crippen molar-refractivity contribution in [1.29, 1.82) is 0 Å². The second-order valence-corrected chi connectivity index (χ2v) is 2.52. The van der Waals surface area contributed by atoms with E-state index in [9.17, 15) is 4.79 Å². The molecule has 0 saturated carbocycles. The minimum Gasteiger partial charge on any atom is -0.479 e. The Bertz CT molecular complexity index is 145. The van der Waals surface area contributed by atoms with Crippen LogP contribution in [0.2, 0.25) is 0 Å². The summed E-state index contributed by atoms with van der Waals surface area (Å²) in [5, 5.41) is 17.5. The second-order valence-electron chi connectivity index (χ2n) is 2.52. The maximum Gasteiger partial charge on any atom is 0.333 e. The maximum atomic E-state index is 10.3. The Morgan fingerprint density at radius 3 is 2.50 bits per heavy atom. The van der Waals surface area contributed by atoms with Crippen molar-refractivity contribution in [1.82, 2.24) is 0 Å². The molecule has 1 rings (SSSR count). The number of aliphatic hydroxyl groups is 1. The van der Waals surface area contributed by atoms with E-state index in [1.54, 1.807) is 6.92 Å². The van der Waals surface area contributed by atoms with Crippen LogP contribution < -0.4 is 0 Å². The van der Waals surface area contributed by atoms with Crippen LogP contribution >= 0.6 is 0 Å². The molecule has 1 saturated heterocycles. The van der Waals surface area contributed by atoms with Crippen molar-refractivity contribution in [2.75, 3.05) is 6.61 Å². The quantitative estimate of drug-likeness (QED) is 0.521. The summed E-state index contributed by atoms with van der Waals surface area (Å²) in [7, 11) is 0. The zero-order chi connectivity index (χ0) is 7.72. The molecular formula is C6H10O4. The summed E-state index contributed by atoms with van der Waals surface area (Å²) in [5.41, 5.74) is 0. The summed E-state index contributed by atoms with van der Waals surface area (Å²) in [5.74, 6) is -1.29. The number of ether oxygens (including phenoxy) is 1. The number of rotatable bonds is 1. The van der Waals surface area contributed by atoms with Crippen LogP contribution in [0.25, 0.3) is 0 Å². The summed E-state index contributed by atoms with van der Waals surface area (Å²) < 4.78 is 4.79. The van der Waals surface area contributed by atoms with Crippen molar-refractivity contribution in [3.8, 4) is 0 Å². The lowest BCUT2D eigenvalue weighted by atomic mass is 10.0. The second kappa shape index (κ2) is 2.56. The molecule has 0 aromatic carbocycles. The predicted octanol–water partition coefficient (Wildman–Crippen LogP) is -0.533. The van der Waals surface area contributed by atoms with Crippen LogP contribution in [0.1, 0.15) is 6.92 Å². The number of carboxylic acid groups (broad SMARTS) is 1. The highest BCUT2D eigenvalue weighted by atomic mass is 16.5. The molecule has 0 unspecified atom stereocenters. The molecule has 1 heterocycles. The Balaban J connectivity index is 2.57. The van der Waals surface area contributed by atoms with Gasteiger partial charge in [-0.1, -0.05) is 6.92 Å². The minimum absolute atomic E-state index is 0.137. The van der Waals surface area contributed by atoms with E-state index in [0.717, 1.165) is 0 Å². The molecule has 10 heavy (non-hydrogen) atoms. The summed E-state index contributed by atoms with van der Waals surface area (Å²) >= 11 is 0. The van der Waals surface area contributed by atoms with Crippen LogP contribution in [0.5, 0.6) is 0 Å². The van der Waals surface area contributed by atoms with Gasteiger partial charge in [-0.05, 0) is 0 Å². The van der Waals surface area contributed by atoms with E-state index < -0.39 is 18.2 Å². The number of carboxylic acids is 1. The van der Waals surface area contributed by atoms with Crippen molar-refractivity contribution in [2.24, 2.45) is 5.92 Å². The molecule has 0 aromatic rings. The largest absolute Gasteiger partial charge is 0.479 e. The van der Waals surface area contributed by atoms with E-state index >= 15 is 0 Å². The Labute approximate surface area is 58.4 Å². The first-order chi connectivity index (χ1) is 4.63. The van der Waals surface area contributed by atoms with Crippen molar-refractivity contribution < 1.29 is 19.7 Å². The average Bonchev–Trinajstić information content (AvgIpc) is 2.14. The van der Waals surface area contributed by atoms with Crippen molar-refractivity contribution in [2.45, 2.75) is 19.1 Å². The van der Waals surface area contributed by atoms with Crippen molar-refractivity contribution in [3.63, 3.8) is 0 Å². The van der Waals surface area contributed by atoms with Crippen LogP contribution in [0, 0.1) is 5.92 Å². The number of aliphatic hydroxyl groups excluding tert-OH is 1. The fourth-order valence-corrected chi connectivity index (χ4v) is 1.00. The summed E-state index contributed by atoms with van der Waals surface area (Å²) in [6, 6.07) is 0. The number of hydrogen-bond acceptors (Lipinski definition) is 3. The van der Waals surface area contributed by atoms with E-state index in [1.165, 1.54) is 0 Å². The molecule has 4 nitrogen and oxygen atoms in total. The molecule has 2 N–H and O–H groups in total. The third-order valence-electron chi connectivity index (χ3n) is 1.77. The first-order valence-electron chi connectivity index (χ1n) is 3.15. The van der Waals surface area contributed by atoms with Crippen molar-refractivity contribution in [3.05, 3.63) is 0 Å². The first-order valence-corrected chi connectivity index (χ1v) is 3.15. The van der Waals surface area contributed by atoms with Crippen LogP contribution in [0.3, 0.4) is 0 Å². The van der Waals surface area contributed by atoms with Gasteiger partial charge in [0.2, 0.25) is 0 Å². The van der Waals surface area contributed by atoms with Gasteiger partial charge in [0.05, 0.1) is 12.7 Å². The van der Waals surface area contributed by atoms with E-state index in [-0.39, 0.29) is 12.5 Å². The summed E-state index contributed by atoms with van der Waals surface area (Å²) in [4.78, 5) is 10.3. The van der Waals surface area contributed by atoms with Crippen LogP contribution in [-0.4, -0.2) is 35.0 Å². The van der Waals surface area contributed by atoms with Gasteiger partial charge >= 0.3 is 5.97 Å². The number of aliphatic carboxylic acids is 1. The highest BCUT2D eigenvalue weighted by Crippen LogP contribution is 2.20. The SMILES string of the molecule is C[C@H]1[C@H](O)CO[C@@H]1C(=O)O. The molecule has 0 amide bonds. The maximum absolute atomic E-state index is 10.3. The van der Waals surface area contributed by atoms with E-state index in [4.69, 9.17) is 14.9 Å². The molecule has 0 aromatic heterocycles. The third-order valence-corrected chi connectivity index (χ3v) is 1.77. The Morgan fingerprint density at radius 1 is 1.70 bits per heavy atom. The van der Waals surface area contributed by atoms with Gasteiger partial charge in [-0.3, -0.25) is 0 Å². The van der Waals surface area contributed by atoms with Crippen LogP contribution in [0.4, 0.5) is 0 Å². The fourth-order valence-electron chi connectivity index (χ4n) is 1.00. The Morgan fingerprint density at radius 2 is 2.30 bits per heavy atom. The lowest BCUT2D eigenvalue weighted by molar-refractivity contribution is -0.148. The molecule has 1 aliphatic heterocycles. The molecular weight excluding hydrogens is 136 g/mol. The molecule has 0 aliphatic carbocycles. The topological polar surface area (TPSA) is 66.8 Å². The smallest absolute Gasteiger partial charge is 0.333 e. The Hall–Kier alpha value is -0.610. The van der Waals surface area contributed by atoms with E-state index in [1.807, 2.05) is 0 Å². The minimum atomic E-state index is -0.996. The molecule has 1 aliphatic rings. The standard InChI is InChI=1S/C6H10O4/c1-3-4(7)2-10-5(3)6(8)9/h3-5,7H,2H2,1H3,(H,8,9)/t3-,4+,5-/m0/s1. The zero-order valence-corrected chi connectivity index (χ0v) is 5.65. The van der Waals surface area contributed by atoms with Gasteiger partial charge in [0.1, 0.15) is 0 Å². The molecule has 58 valence electrons. The average molecular weight is 146 g/mol. The van der Waals surface area contributed by atoms with Crippen LogP contribution in [-0.2, 0) is 9.53 Å². The van der Waals surface area contributed by atoms with Gasteiger partial charge in [-0.2, -0.15) is 0 Å². The van der Waals surface area contributed by atoms with Gasteiger partial charge in [0.25, 0.3) is 0 Å². The normalized spacial score (nSPS) is 40.0. The molecule has 4 heteroatoms. The fraction of sp³-hybridized carbons (Fsp3) is 0.833. The summed E-state index contributed by atoms with van der Waals surface area (Å²) in [6.45, 7) is 1.80.